The van der Waals surface area contributed by atoms with Gasteiger partial charge in [0.05, 0.1) is 74.4 Å². The molecule has 0 radical (unpaired) electrons. The maximum atomic E-state index is 12.1. The molecular formula is C45H32BrN3O9S2. The van der Waals surface area contributed by atoms with Gasteiger partial charge in [0, 0.05) is 27.8 Å². The Balaban J connectivity index is 0.000000254. The van der Waals surface area contributed by atoms with Crippen molar-refractivity contribution in [2.24, 2.45) is 0 Å². The van der Waals surface area contributed by atoms with Crippen LogP contribution in [0.1, 0.15) is 89.2 Å². The molecule has 0 unspecified atom stereocenters. The van der Waals surface area contributed by atoms with Gasteiger partial charge in [-0.05, 0) is 60.7 Å². The number of aromatic carboxylic acids is 2. The molecule has 5 rings (SSSR count). The number of thioether (sulfide) groups is 2. The number of hydrogen-bond acceptors (Lipinski definition) is 12. The van der Waals surface area contributed by atoms with Crippen LogP contribution in [0, 0.1) is 34.0 Å². The standard InChI is InChI=1S/C18H12N2O2S.C18H14O6S.C9H6BrNO/c19-9-13-3-1-5-15(7-13)17(21)11-23-12-18(22)16-6-2-4-14(8-16)10-20;19-15(11-3-1-5-13(7-11)17(21)22)9-25-10-16(20)12-4-2-6-14(8-12)18(23)24;10-5-9(12)8-3-1-2-7(4-8)6-11/h1-8H,11-12H2;1-8H,9-10H2,(H,21,22)(H,23,24);1-4H,5H2. The van der Waals surface area contributed by atoms with Crippen molar-refractivity contribution in [3.8, 4) is 18.2 Å². The van der Waals surface area contributed by atoms with E-state index >= 15 is 0 Å². The van der Waals surface area contributed by atoms with Gasteiger partial charge in [-0.1, -0.05) is 76.6 Å². The van der Waals surface area contributed by atoms with E-state index in [1.807, 2.05) is 18.2 Å². The fraction of sp³-hybridized carbons (Fsp3) is 0.111. The van der Waals surface area contributed by atoms with Crippen LogP contribution in [0.15, 0.2) is 121 Å². The molecule has 5 aromatic carbocycles. The largest absolute Gasteiger partial charge is 0.478 e. The van der Waals surface area contributed by atoms with Crippen LogP contribution in [0.4, 0.5) is 0 Å². The van der Waals surface area contributed by atoms with Gasteiger partial charge in [0.25, 0.3) is 0 Å². The summed E-state index contributed by atoms with van der Waals surface area (Å²) in [5.74, 6) is -2.66. The number of ketones is 5. The second-order valence-electron chi connectivity index (χ2n) is 12.1. The first-order valence-electron chi connectivity index (χ1n) is 17.3. The zero-order valence-electron chi connectivity index (χ0n) is 31.4. The summed E-state index contributed by atoms with van der Waals surface area (Å²) in [5, 5.41) is 44.3. The van der Waals surface area contributed by atoms with E-state index in [4.69, 9.17) is 26.0 Å². The smallest absolute Gasteiger partial charge is 0.335 e. The molecule has 0 aromatic heterocycles. The summed E-state index contributed by atoms with van der Waals surface area (Å²) in [7, 11) is 0. The summed E-state index contributed by atoms with van der Waals surface area (Å²) in [6, 6.07) is 37.0. The molecule has 0 amide bonds. The highest BCUT2D eigenvalue weighted by molar-refractivity contribution is 9.09. The summed E-state index contributed by atoms with van der Waals surface area (Å²) >= 11 is 5.38. The Morgan fingerprint density at radius 3 is 0.933 bits per heavy atom. The van der Waals surface area contributed by atoms with Crippen LogP contribution in [0.2, 0.25) is 0 Å². The van der Waals surface area contributed by atoms with Crippen molar-refractivity contribution in [1.82, 2.24) is 0 Å². The third kappa shape index (κ3) is 15.4. The van der Waals surface area contributed by atoms with E-state index in [0.717, 1.165) is 11.8 Å². The van der Waals surface area contributed by atoms with Crippen molar-refractivity contribution in [3.63, 3.8) is 0 Å². The zero-order valence-corrected chi connectivity index (χ0v) is 34.6. The lowest BCUT2D eigenvalue weighted by Crippen LogP contribution is -2.09. The highest BCUT2D eigenvalue weighted by Gasteiger charge is 2.14. The van der Waals surface area contributed by atoms with E-state index in [1.165, 1.54) is 60.3 Å². The SMILES string of the molecule is N#Cc1cccc(C(=O)CBr)c1.N#Cc1cccc(C(=O)CSCC(=O)c2cccc(C#N)c2)c1.O=C(O)c1cccc(C(=O)CSCC(=O)c2cccc(C(=O)O)c2)c1. The highest BCUT2D eigenvalue weighted by atomic mass is 79.9. The number of halogens is 1. The number of carbonyl (C=O) groups is 7. The molecule has 0 heterocycles. The van der Waals surface area contributed by atoms with E-state index in [9.17, 15) is 33.6 Å². The quantitative estimate of drug-likeness (QED) is 0.0702. The molecule has 0 fully saturated rings. The Kier molecular flexibility index (Phi) is 19.5. The summed E-state index contributed by atoms with van der Waals surface area (Å²) in [6.45, 7) is 0. The fourth-order valence-corrected chi connectivity index (χ4v) is 6.76. The third-order valence-electron chi connectivity index (χ3n) is 7.86. The lowest BCUT2D eigenvalue weighted by Gasteiger charge is -2.04. The van der Waals surface area contributed by atoms with Gasteiger partial charge in [0.2, 0.25) is 0 Å². The second kappa shape index (κ2) is 24.7. The van der Waals surface area contributed by atoms with E-state index in [1.54, 1.807) is 72.8 Å². The molecule has 0 spiro atoms. The topological polar surface area (TPSA) is 231 Å². The Morgan fingerprint density at radius 1 is 0.417 bits per heavy atom. The van der Waals surface area contributed by atoms with Gasteiger partial charge in [-0.25, -0.2) is 9.59 Å². The summed E-state index contributed by atoms with van der Waals surface area (Å²) in [5.41, 5.74) is 3.49. The van der Waals surface area contributed by atoms with E-state index < -0.39 is 11.9 Å². The summed E-state index contributed by atoms with van der Waals surface area (Å²) < 4.78 is 0. The average Bonchev–Trinajstić information content (AvgIpc) is 3.29. The van der Waals surface area contributed by atoms with Crippen LogP contribution >= 0.6 is 39.5 Å². The predicted molar refractivity (Wildman–Crippen MR) is 230 cm³/mol. The monoisotopic (exact) mass is 901 g/mol. The van der Waals surface area contributed by atoms with Crippen molar-refractivity contribution in [1.29, 1.82) is 15.8 Å². The number of carbonyl (C=O) groups excluding carboxylic acids is 5. The molecular weight excluding hydrogens is 871 g/mol. The first kappa shape index (κ1) is 47.4. The van der Waals surface area contributed by atoms with Gasteiger partial charge in [0.15, 0.2) is 28.9 Å². The van der Waals surface area contributed by atoms with Gasteiger partial charge in [-0.2, -0.15) is 15.8 Å². The molecule has 0 aliphatic heterocycles. The molecule has 60 heavy (non-hydrogen) atoms. The van der Waals surface area contributed by atoms with E-state index in [-0.39, 0.29) is 74.2 Å². The van der Waals surface area contributed by atoms with Crippen LogP contribution < -0.4 is 0 Å². The lowest BCUT2D eigenvalue weighted by atomic mass is 10.1. The predicted octanol–water partition coefficient (Wildman–Crippen LogP) is 8.25. The first-order chi connectivity index (χ1) is 28.8. The minimum atomic E-state index is -1.12. The maximum absolute atomic E-state index is 12.1. The molecule has 5 aromatic rings. The molecule has 0 bridgehead atoms. The number of nitriles is 3. The molecule has 0 aliphatic carbocycles. The molecule has 0 aliphatic rings. The van der Waals surface area contributed by atoms with Crippen molar-refractivity contribution in [2.45, 2.75) is 0 Å². The molecule has 0 saturated carbocycles. The first-order valence-corrected chi connectivity index (χ1v) is 20.8. The fourth-order valence-electron chi connectivity index (χ4n) is 4.82. The molecule has 0 saturated heterocycles. The Bertz CT molecular complexity index is 2420. The normalized spacial score (nSPS) is 9.77. The number of nitrogens with zero attached hydrogens (tertiary/aromatic N) is 3. The van der Waals surface area contributed by atoms with E-state index in [2.05, 4.69) is 15.9 Å². The number of hydrogen-bond donors (Lipinski definition) is 2. The number of rotatable bonds is 16. The minimum absolute atomic E-state index is 0.00731. The van der Waals surface area contributed by atoms with Crippen molar-refractivity contribution >= 4 is 80.3 Å². The van der Waals surface area contributed by atoms with Crippen LogP contribution in [-0.4, -0.2) is 79.4 Å². The number of carboxylic acid groups (broad SMARTS) is 2. The molecule has 300 valence electrons. The number of benzene rings is 5. The molecule has 0 atom stereocenters. The van der Waals surface area contributed by atoms with Crippen LogP contribution in [0.5, 0.6) is 0 Å². The van der Waals surface area contributed by atoms with Gasteiger partial charge in [-0.15, -0.1) is 23.5 Å². The van der Waals surface area contributed by atoms with Crippen molar-refractivity contribution in [2.75, 3.05) is 28.3 Å². The van der Waals surface area contributed by atoms with Crippen molar-refractivity contribution < 1.29 is 43.8 Å². The zero-order chi connectivity index (χ0) is 44.0. The summed E-state index contributed by atoms with van der Waals surface area (Å²) in [6.07, 6.45) is 0. The molecule has 15 heteroatoms. The van der Waals surface area contributed by atoms with Gasteiger partial charge in [0.1, 0.15) is 0 Å². The van der Waals surface area contributed by atoms with Crippen LogP contribution in [-0.2, 0) is 0 Å². The minimum Gasteiger partial charge on any atom is -0.478 e. The van der Waals surface area contributed by atoms with Crippen LogP contribution in [0.25, 0.3) is 0 Å². The number of Topliss-reactive ketones (excluding diaryl/α,β-unsaturated/α-hetero) is 5. The Labute approximate surface area is 361 Å². The summed E-state index contributed by atoms with van der Waals surface area (Å²) in [4.78, 5) is 81.2. The lowest BCUT2D eigenvalue weighted by molar-refractivity contribution is 0.0686. The van der Waals surface area contributed by atoms with Crippen molar-refractivity contribution in [3.05, 3.63) is 177 Å². The second-order valence-corrected chi connectivity index (χ2v) is 14.6. The number of alkyl halides is 1. The van der Waals surface area contributed by atoms with Gasteiger partial charge >= 0.3 is 11.9 Å². The Hall–Kier alpha value is -6.96. The molecule has 12 nitrogen and oxygen atoms in total. The van der Waals surface area contributed by atoms with E-state index in [0.29, 0.717) is 38.7 Å². The highest BCUT2D eigenvalue weighted by Crippen LogP contribution is 2.15. The van der Waals surface area contributed by atoms with Gasteiger partial charge in [-0.3, -0.25) is 24.0 Å². The third-order valence-corrected chi connectivity index (χ3v) is 10.2. The van der Waals surface area contributed by atoms with Crippen LogP contribution in [0.3, 0.4) is 0 Å². The average molecular weight is 903 g/mol. The maximum Gasteiger partial charge on any atom is 0.335 e. The van der Waals surface area contributed by atoms with Gasteiger partial charge < -0.3 is 10.2 Å². The Morgan fingerprint density at radius 2 is 0.667 bits per heavy atom. The molecule has 2 N–H and O–H groups in total. The number of carboxylic acids is 2.